The van der Waals surface area contributed by atoms with Crippen LogP contribution in [-0.2, 0) is 16.1 Å². The molecule has 0 atom stereocenters. The van der Waals surface area contributed by atoms with Crippen LogP contribution in [-0.4, -0.2) is 22.0 Å². The van der Waals surface area contributed by atoms with Crippen LogP contribution in [0.25, 0.3) is 11.4 Å². The number of primary amides is 1. The van der Waals surface area contributed by atoms with Gasteiger partial charge in [0.25, 0.3) is 0 Å². The number of amides is 2. The highest BCUT2D eigenvalue weighted by Gasteiger charge is 2.55. The minimum Gasteiger partial charge on any atom is -0.369 e. The average molecular weight is 322 g/mol. The topological polar surface area (TPSA) is 111 Å². The maximum atomic E-state index is 13.6. The Hall–Kier alpha value is -2.84. The molecule has 0 spiro atoms. The summed E-state index contributed by atoms with van der Waals surface area (Å²) < 4.78 is 31.7. The summed E-state index contributed by atoms with van der Waals surface area (Å²) in [5.74, 6) is -2.67. The first-order valence-corrected chi connectivity index (χ1v) is 6.78. The highest BCUT2D eigenvalue weighted by Crippen LogP contribution is 2.45. The lowest BCUT2D eigenvalue weighted by molar-refractivity contribution is -0.135. The van der Waals surface area contributed by atoms with Gasteiger partial charge in [0, 0.05) is 0 Å². The summed E-state index contributed by atoms with van der Waals surface area (Å²) in [6.45, 7) is -0.141. The third-order valence-electron chi connectivity index (χ3n) is 3.69. The zero-order valence-corrected chi connectivity index (χ0v) is 11.8. The fourth-order valence-corrected chi connectivity index (χ4v) is 2.14. The molecule has 1 aromatic heterocycles. The lowest BCUT2D eigenvalue weighted by Gasteiger charge is -2.09. The molecular weight excluding hydrogens is 310 g/mol. The van der Waals surface area contributed by atoms with Crippen molar-refractivity contribution in [3.8, 4) is 11.4 Å². The van der Waals surface area contributed by atoms with Crippen LogP contribution in [0.2, 0.25) is 0 Å². The normalized spacial score (nSPS) is 15.2. The number of carbonyl (C=O) groups is 2. The second kappa shape index (κ2) is 5.41. The van der Waals surface area contributed by atoms with Gasteiger partial charge in [-0.3, -0.25) is 9.59 Å². The van der Waals surface area contributed by atoms with Crippen molar-refractivity contribution in [1.29, 1.82) is 0 Å². The van der Waals surface area contributed by atoms with Crippen LogP contribution in [0, 0.1) is 17.0 Å². The molecule has 23 heavy (non-hydrogen) atoms. The standard InChI is InChI=1S/C14H12F2N4O3/c15-7-1-2-9(16)8(5-7)11-19-10(23-20-11)6-18-13(22)14(3-4-14)12(17)21/h1-2,5H,3-4,6H2,(H2,17,21)(H,18,22). The van der Waals surface area contributed by atoms with Crippen LogP contribution in [0.5, 0.6) is 0 Å². The number of hydrogen-bond acceptors (Lipinski definition) is 5. The van der Waals surface area contributed by atoms with Crippen molar-refractivity contribution in [1.82, 2.24) is 15.5 Å². The van der Waals surface area contributed by atoms with Gasteiger partial charge in [0.05, 0.1) is 12.1 Å². The maximum absolute atomic E-state index is 13.6. The quantitative estimate of drug-likeness (QED) is 0.794. The maximum Gasteiger partial charge on any atom is 0.246 e. The van der Waals surface area contributed by atoms with Gasteiger partial charge in [0.15, 0.2) is 0 Å². The molecule has 1 heterocycles. The molecule has 0 radical (unpaired) electrons. The molecule has 0 aliphatic heterocycles. The Morgan fingerprint density at radius 1 is 1.35 bits per heavy atom. The second-order valence-corrected chi connectivity index (χ2v) is 5.26. The Morgan fingerprint density at radius 3 is 2.74 bits per heavy atom. The van der Waals surface area contributed by atoms with Crippen LogP contribution in [0.15, 0.2) is 22.7 Å². The summed E-state index contributed by atoms with van der Waals surface area (Å²) in [5, 5.41) is 6.01. The molecule has 2 amide bonds. The summed E-state index contributed by atoms with van der Waals surface area (Å²) in [6.07, 6.45) is 0.801. The zero-order chi connectivity index (χ0) is 16.6. The summed E-state index contributed by atoms with van der Waals surface area (Å²) in [7, 11) is 0. The third kappa shape index (κ3) is 2.77. The SMILES string of the molecule is NC(=O)C1(C(=O)NCc2nc(-c3cc(F)ccc3F)no2)CC1. The predicted molar refractivity (Wildman–Crippen MR) is 72.4 cm³/mol. The van der Waals surface area contributed by atoms with Crippen LogP contribution in [0.3, 0.4) is 0 Å². The van der Waals surface area contributed by atoms with Gasteiger partial charge in [-0.2, -0.15) is 4.98 Å². The largest absolute Gasteiger partial charge is 0.369 e. The molecule has 1 saturated carbocycles. The van der Waals surface area contributed by atoms with E-state index < -0.39 is 28.9 Å². The van der Waals surface area contributed by atoms with Crippen LogP contribution in [0.1, 0.15) is 18.7 Å². The van der Waals surface area contributed by atoms with Gasteiger partial charge in [-0.15, -0.1) is 0 Å². The van der Waals surface area contributed by atoms with Crippen molar-refractivity contribution in [2.75, 3.05) is 0 Å². The number of halogens is 2. The monoisotopic (exact) mass is 322 g/mol. The number of nitrogens with one attached hydrogen (secondary N) is 1. The molecule has 1 aromatic carbocycles. The Morgan fingerprint density at radius 2 is 2.09 bits per heavy atom. The highest BCUT2D eigenvalue weighted by atomic mass is 19.1. The molecule has 3 N–H and O–H groups in total. The van der Waals surface area contributed by atoms with Gasteiger partial charge >= 0.3 is 0 Å². The molecular formula is C14H12F2N4O3. The molecule has 2 aromatic rings. The minimum absolute atomic E-state index is 0.00252. The number of rotatable bonds is 5. The van der Waals surface area contributed by atoms with Crippen molar-refractivity contribution < 1.29 is 22.9 Å². The minimum atomic E-state index is -1.16. The predicted octanol–water partition coefficient (Wildman–Crippen LogP) is 0.897. The lowest BCUT2D eigenvalue weighted by Crippen LogP contribution is -2.40. The molecule has 1 aliphatic rings. The van der Waals surface area contributed by atoms with Crippen molar-refractivity contribution in [3.63, 3.8) is 0 Å². The number of benzene rings is 1. The molecule has 0 saturated heterocycles. The fourth-order valence-electron chi connectivity index (χ4n) is 2.14. The van der Waals surface area contributed by atoms with E-state index in [2.05, 4.69) is 15.5 Å². The van der Waals surface area contributed by atoms with Gasteiger partial charge in [-0.25, -0.2) is 8.78 Å². The highest BCUT2D eigenvalue weighted by molar-refractivity contribution is 6.07. The van der Waals surface area contributed by atoms with E-state index in [1.165, 1.54) is 0 Å². The fraction of sp³-hybridized carbons (Fsp3) is 0.286. The molecule has 3 rings (SSSR count). The molecule has 0 bridgehead atoms. The summed E-state index contributed by atoms with van der Waals surface area (Å²) in [5.41, 5.74) is 3.88. The molecule has 120 valence electrons. The number of aromatic nitrogens is 2. The average Bonchev–Trinajstić information content (AvgIpc) is 3.21. The third-order valence-corrected chi connectivity index (χ3v) is 3.69. The Bertz CT molecular complexity index is 786. The Balaban J connectivity index is 1.70. The number of nitrogens with two attached hydrogens (primary N) is 1. The van der Waals surface area contributed by atoms with E-state index in [0.717, 1.165) is 18.2 Å². The summed E-state index contributed by atoms with van der Waals surface area (Å²) >= 11 is 0. The molecule has 9 heteroatoms. The van der Waals surface area contributed by atoms with E-state index in [9.17, 15) is 18.4 Å². The zero-order valence-electron chi connectivity index (χ0n) is 11.8. The van der Waals surface area contributed by atoms with E-state index in [0.29, 0.717) is 12.8 Å². The molecule has 7 nitrogen and oxygen atoms in total. The Kier molecular flexibility index (Phi) is 3.55. The van der Waals surface area contributed by atoms with Gasteiger partial charge < -0.3 is 15.6 Å². The second-order valence-electron chi connectivity index (χ2n) is 5.26. The van der Waals surface area contributed by atoms with Gasteiger partial charge in [-0.05, 0) is 31.0 Å². The summed E-state index contributed by atoms with van der Waals surface area (Å²) in [6, 6.07) is 2.86. The molecule has 1 fully saturated rings. The Labute approximate surface area is 128 Å². The first-order valence-electron chi connectivity index (χ1n) is 6.78. The first kappa shape index (κ1) is 15.1. The first-order chi connectivity index (χ1) is 10.9. The smallest absolute Gasteiger partial charge is 0.246 e. The van der Waals surface area contributed by atoms with E-state index in [-0.39, 0.29) is 23.8 Å². The van der Waals surface area contributed by atoms with Crippen LogP contribution >= 0.6 is 0 Å². The van der Waals surface area contributed by atoms with Gasteiger partial charge in [-0.1, -0.05) is 5.16 Å². The van der Waals surface area contributed by atoms with Gasteiger partial charge in [0.1, 0.15) is 17.0 Å². The number of hydrogen-bond donors (Lipinski definition) is 2. The van der Waals surface area contributed by atoms with Crippen molar-refractivity contribution in [2.24, 2.45) is 11.1 Å². The number of nitrogens with zero attached hydrogens (tertiary/aromatic N) is 2. The molecule has 1 aliphatic carbocycles. The van der Waals surface area contributed by atoms with Gasteiger partial charge in [0.2, 0.25) is 23.5 Å². The van der Waals surface area contributed by atoms with Crippen molar-refractivity contribution in [3.05, 3.63) is 35.7 Å². The van der Waals surface area contributed by atoms with E-state index in [1.54, 1.807) is 0 Å². The summed E-state index contributed by atoms with van der Waals surface area (Å²) in [4.78, 5) is 27.0. The van der Waals surface area contributed by atoms with Crippen LogP contribution < -0.4 is 11.1 Å². The van der Waals surface area contributed by atoms with E-state index >= 15 is 0 Å². The lowest BCUT2D eigenvalue weighted by atomic mass is 10.1. The van der Waals surface area contributed by atoms with E-state index in [1.807, 2.05) is 0 Å². The van der Waals surface area contributed by atoms with E-state index in [4.69, 9.17) is 10.3 Å². The van der Waals surface area contributed by atoms with Crippen LogP contribution in [0.4, 0.5) is 8.78 Å². The molecule has 0 unspecified atom stereocenters. The number of carbonyl (C=O) groups excluding carboxylic acids is 2. The van der Waals surface area contributed by atoms with Crippen molar-refractivity contribution in [2.45, 2.75) is 19.4 Å². The van der Waals surface area contributed by atoms with Crippen molar-refractivity contribution >= 4 is 11.8 Å².